The third-order valence-corrected chi connectivity index (χ3v) is 8.42. The van der Waals surface area contributed by atoms with E-state index in [0.29, 0.717) is 17.9 Å². The van der Waals surface area contributed by atoms with Crippen molar-refractivity contribution in [3.05, 3.63) is 100 Å². The summed E-state index contributed by atoms with van der Waals surface area (Å²) < 4.78 is 12.1. The number of carbonyl (C=O) groups is 1. The SMILES string of the molecule is COc1cc(C2(c3cc(OCC4Cc5ccccc5CN4C)cc(C(N)=O)c3C)CC2)c2cccnc2c1. The van der Waals surface area contributed by atoms with Crippen LogP contribution in [0.3, 0.4) is 0 Å². The fourth-order valence-electron chi connectivity index (χ4n) is 6.10. The van der Waals surface area contributed by atoms with E-state index in [1.807, 2.05) is 19.1 Å². The smallest absolute Gasteiger partial charge is 0.249 e. The summed E-state index contributed by atoms with van der Waals surface area (Å²) in [6, 6.07) is 20.9. The van der Waals surface area contributed by atoms with Crippen molar-refractivity contribution in [3.63, 3.8) is 0 Å². The number of nitrogens with two attached hydrogens (primary N) is 1. The minimum atomic E-state index is -0.439. The van der Waals surface area contributed by atoms with Crippen LogP contribution < -0.4 is 15.2 Å². The maximum atomic E-state index is 12.5. The second-order valence-electron chi connectivity index (χ2n) is 10.7. The second kappa shape index (κ2) is 9.44. The Morgan fingerprint density at radius 1 is 1.05 bits per heavy atom. The van der Waals surface area contributed by atoms with E-state index >= 15 is 0 Å². The monoisotopic (exact) mass is 507 g/mol. The van der Waals surface area contributed by atoms with Crippen LogP contribution in [0.1, 0.15) is 51.0 Å². The van der Waals surface area contributed by atoms with Crippen LogP contribution in [0.4, 0.5) is 0 Å². The van der Waals surface area contributed by atoms with Gasteiger partial charge in [-0.25, -0.2) is 0 Å². The van der Waals surface area contributed by atoms with Crippen molar-refractivity contribution in [2.45, 2.75) is 44.2 Å². The Morgan fingerprint density at radius 3 is 2.55 bits per heavy atom. The number of methoxy groups -OCH3 is 1. The number of benzene rings is 3. The highest BCUT2D eigenvalue weighted by molar-refractivity contribution is 5.95. The van der Waals surface area contributed by atoms with Crippen molar-refractivity contribution in [1.29, 1.82) is 0 Å². The Kier molecular flexibility index (Phi) is 6.07. The van der Waals surface area contributed by atoms with Gasteiger partial charge in [0.25, 0.3) is 0 Å². The van der Waals surface area contributed by atoms with Gasteiger partial charge in [-0.1, -0.05) is 30.3 Å². The van der Waals surface area contributed by atoms with Gasteiger partial charge < -0.3 is 15.2 Å². The fourth-order valence-corrected chi connectivity index (χ4v) is 6.10. The largest absolute Gasteiger partial charge is 0.497 e. The predicted octanol–water partition coefficient (Wildman–Crippen LogP) is 5.17. The molecule has 1 saturated carbocycles. The van der Waals surface area contributed by atoms with Gasteiger partial charge >= 0.3 is 0 Å². The lowest BCUT2D eigenvalue weighted by Gasteiger charge is -2.34. The zero-order chi connectivity index (χ0) is 26.4. The zero-order valence-corrected chi connectivity index (χ0v) is 22.2. The van der Waals surface area contributed by atoms with Gasteiger partial charge in [0.2, 0.25) is 5.91 Å². The van der Waals surface area contributed by atoms with Crippen molar-refractivity contribution < 1.29 is 14.3 Å². The van der Waals surface area contributed by atoms with E-state index in [4.69, 9.17) is 15.2 Å². The number of nitrogens with zero attached hydrogens (tertiary/aromatic N) is 2. The van der Waals surface area contributed by atoms with E-state index in [-0.39, 0.29) is 11.5 Å². The molecular weight excluding hydrogens is 474 g/mol. The van der Waals surface area contributed by atoms with E-state index in [1.165, 1.54) is 16.7 Å². The Labute approximate surface area is 223 Å². The molecule has 6 nitrogen and oxygen atoms in total. The maximum Gasteiger partial charge on any atom is 0.249 e. The number of carbonyl (C=O) groups excluding carboxylic acids is 1. The molecule has 1 aliphatic carbocycles. The Bertz CT molecular complexity index is 1540. The first-order valence-electron chi connectivity index (χ1n) is 13.2. The summed E-state index contributed by atoms with van der Waals surface area (Å²) in [6.45, 7) is 3.42. The number of hydrogen-bond acceptors (Lipinski definition) is 5. The van der Waals surface area contributed by atoms with Crippen LogP contribution in [0.2, 0.25) is 0 Å². The van der Waals surface area contributed by atoms with Crippen LogP contribution in [0.25, 0.3) is 10.9 Å². The highest BCUT2D eigenvalue weighted by Gasteiger charge is 2.48. The predicted molar refractivity (Wildman–Crippen MR) is 149 cm³/mol. The lowest BCUT2D eigenvalue weighted by Crippen LogP contribution is -2.41. The van der Waals surface area contributed by atoms with Crippen LogP contribution >= 0.6 is 0 Å². The maximum absolute atomic E-state index is 12.5. The molecule has 6 heteroatoms. The molecule has 3 aromatic carbocycles. The summed E-state index contributed by atoms with van der Waals surface area (Å²) in [5, 5.41) is 1.10. The molecule has 194 valence electrons. The molecule has 1 aliphatic heterocycles. The molecule has 0 radical (unpaired) electrons. The molecule has 0 saturated heterocycles. The van der Waals surface area contributed by atoms with E-state index < -0.39 is 5.91 Å². The van der Waals surface area contributed by atoms with Gasteiger partial charge in [-0.15, -0.1) is 0 Å². The van der Waals surface area contributed by atoms with Gasteiger partial charge in [0, 0.05) is 41.2 Å². The first kappa shape index (κ1) is 24.4. The number of rotatable bonds is 7. The minimum Gasteiger partial charge on any atom is -0.497 e. The molecule has 6 rings (SSSR count). The molecular formula is C32H33N3O3. The lowest BCUT2D eigenvalue weighted by molar-refractivity contribution is 0.0998. The van der Waals surface area contributed by atoms with Gasteiger partial charge in [0.05, 0.1) is 12.6 Å². The second-order valence-corrected chi connectivity index (χ2v) is 10.7. The number of pyridine rings is 1. The van der Waals surface area contributed by atoms with E-state index in [9.17, 15) is 4.79 Å². The molecule has 1 amide bonds. The van der Waals surface area contributed by atoms with Crippen LogP contribution in [-0.2, 0) is 18.4 Å². The van der Waals surface area contributed by atoms with Crippen LogP contribution in [0, 0.1) is 6.92 Å². The number of ether oxygens (including phenoxy) is 2. The number of hydrogen-bond donors (Lipinski definition) is 1. The number of aromatic nitrogens is 1. The summed E-state index contributed by atoms with van der Waals surface area (Å²) in [7, 11) is 3.82. The summed E-state index contributed by atoms with van der Waals surface area (Å²) in [5.41, 5.74) is 12.9. The molecule has 1 atom stereocenters. The van der Waals surface area contributed by atoms with Crippen molar-refractivity contribution in [2.75, 3.05) is 20.8 Å². The Morgan fingerprint density at radius 2 is 1.82 bits per heavy atom. The van der Waals surface area contributed by atoms with Gasteiger partial charge in [-0.3, -0.25) is 14.7 Å². The summed E-state index contributed by atoms with van der Waals surface area (Å²) in [6.07, 6.45) is 4.67. The number of amides is 1. The number of primary amides is 1. The molecule has 1 fully saturated rings. The van der Waals surface area contributed by atoms with Gasteiger partial charge in [0.15, 0.2) is 0 Å². The van der Waals surface area contributed by atoms with Crippen molar-refractivity contribution in [1.82, 2.24) is 9.88 Å². The third-order valence-electron chi connectivity index (χ3n) is 8.42. The molecule has 1 aromatic heterocycles. The zero-order valence-electron chi connectivity index (χ0n) is 22.2. The first-order valence-corrected chi connectivity index (χ1v) is 13.2. The lowest BCUT2D eigenvalue weighted by atomic mass is 9.81. The fraction of sp³-hybridized carbons (Fsp3) is 0.312. The number of fused-ring (bicyclic) bond motifs is 2. The molecule has 0 spiro atoms. The molecule has 0 bridgehead atoms. The quantitative estimate of drug-likeness (QED) is 0.374. The molecule has 1 unspecified atom stereocenters. The van der Waals surface area contributed by atoms with Gasteiger partial charge in [0.1, 0.15) is 18.1 Å². The van der Waals surface area contributed by atoms with Crippen LogP contribution in [-0.4, -0.2) is 42.6 Å². The third kappa shape index (κ3) is 4.19. The molecule has 38 heavy (non-hydrogen) atoms. The molecule has 2 N–H and O–H groups in total. The van der Waals surface area contributed by atoms with Gasteiger partial charge in [-0.2, -0.15) is 0 Å². The summed E-state index contributed by atoms with van der Waals surface area (Å²) in [5.74, 6) is 1.02. The van der Waals surface area contributed by atoms with E-state index in [0.717, 1.165) is 53.6 Å². The molecule has 2 aliphatic rings. The molecule has 4 aromatic rings. The van der Waals surface area contributed by atoms with E-state index in [1.54, 1.807) is 19.4 Å². The van der Waals surface area contributed by atoms with Crippen molar-refractivity contribution in [3.8, 4) is 11.5 Å². The normalized spacial score (nSPS) is 18.1. The Balaban J connectivity index is 1.37. The minimum absolute atomic E-state index is 0.245. The van der Waals surface area contributed by atoms with Gasteiger partial charge in [-0.05, 0) is 85.3 Å². The number of likely N-dealkylation sites (N-methyl/N-ethyl adjacent to an activating group) is 1. The topological polar surface area (TPSA) is 77.7 Å². The van der Waals surface area contributed by atoms with Crippen molar-refractivity contribution >= 4 is 16.8 Å². The van der Waals surface area contributed by atoms with Crippen molar-refractivity contribution in [2.24, 2.45) is 5.73 Å². The first-order chi connectivity index (χ1) is 18.4. The molecule has 2 heterocycles. The van der Waals surface area contributed by atoms with Crippen LogP contribution in [0.15, 0.2) is 66.9 Å². The summed E-state index contributed by atoms with van der Waals surface area (Å²) >= 11 is 0. The standard InChI is InChI=1S/C32H33N3O3/c1-20-27(31(33)36)14-25(38-19-23-13-21-7-4-5-8-22(21)18-35(23)2)16-28(20)32(10-11-32)29-15-24(37-3)17-30-26(29)9-6-12-34-30/h4-9,12,14-17,23H,10-11,13,18-19H2,1-3H3,(H2,33,36). The highest BCUT2D eigenvalue weighted by atomic mass is 16.5. The highest BCUT2D eigenvalue weighted by Crippen LogP contribution is 2.57. The van der Waals surface area contributed by atoms with E-state index in [2.05, 4.69) is 59.4 Å². The van der Waals surface area contributed by atoms with Crippen LogP contribution in [0.5, 0.6) is 11.5 Å². The summed E-state index contributed by atoms with van der Waals surface area (Å²) in [4.78, 5) is 19.5. The average Bonchev–Trinajstić information content (AvgIpc) is 3.73. The Hall–Kier alpha value is -3.90. The average molecular weight is 508 g/mol.